The van der Waals surface area contributed by atoms with E-state index in [4.69, 9.17) is 16.2 Å². The van der Waals surface area contributed by atoms with Crippen LogP contribution >= 0.6 is 0 Å². The summed E-state index contributed by atoms with van der Waals surface area (Å²) < 4.78 is 31.4. The number of rotatable bonds is 6. The Morgan fingerprint density at radius 2 is 1.82 bits per heavy atom. The van der Waals surface area contributed by atoms with E-state index >= 15 is 0 Å². The van der Waals surface area contributed by atoms with E-state index in [-0.39, 0.29) is 11.3 Å². The Bertz CT molecular complexity index is 1150. The molecule has 0 saturated heterocycles. The van der Waals surface area contributed by atoms with Gasteiger partial charge in [0.1, 0.15) is 0 Å². The third-order valence-corrected chi connectivity index (χ3v) is 5.76. The molecule has 0 aliphatic heterocycles. The van der Waals surface area contributed by atoms with Crippen LogP contribution in [-0.4, -0.2) is 35.7 Å². The number of aryl methyl sites for hydroxylation is 1. The van der Waals surface area contributed by atoms with Crippen molar-refractivity contribution in [3.63, 3.8) is 0 Å². The third kappa shape index (κ3) is 3.81. The lowest BCUT2D eigenvalue weighted by atomic mass is 10.1. The Hall–Kier alpha value is -3.40. The summed E-state index contributed by atoms with van der Waals surface area (Å²) in [5.74, 6) is -0.837. The number of fused-ring (bicyclic) bond motifs is 1. The van der Waals surface area contributed by atoms with E-state index in [0.717, 1.165) is 9.65 Å². The van der Waals surface area contributed by atoms with Gasteiger partial charge in [-0.25, -0.2) is 4.79 Å². The van der Waals surface area contributed by atoms with Crippen LogP contribution in [-0.2, 0) is 26.0 Å². The second-order valence-electron chi connectivity index (χ2n) is 6.23. The number of amides is 2. The molecule has 2 amide bonds. The molecule has 0 aliphatic rings. The van der Waals surface area contributed by atoms with Crippen molar-refractivity contribution in [2.75, 3.05) is 0 Å². The van der Waals surface area contributed by atoms with E-state index < -0.39 is 28.1 Å². The van der Waals surface area contributed by atoms with E-state index in [1.165, 1.54) is 18.3 Å². The zero-order chi connectivity index (χ0) is 20.5. The van der Waals surface area contributed by atoms with Gasteiger partial charge < -0.3 is 16.2 Å². The molecule has 1 unspecified atom stereocenters. The zero-order valence-corrected chi connectivity index (χ0v) is 15.7. The summed E-state index contributed by atoms with van der Waals surface area (Å²) in [7, 11) is -3.86. The fourth-order valence-corrected chi connectivity index (χ4v) is 4.02. The molecule has 146 valence electrons. The lowest BCUT2D eigenvalue weighted by molar-refractivity contribution is -0.126. The van der Waals surface area contributed by atoms with Gasteiger partial charge in [-0.2, -0.15) is 17.6 Å². The van der Waals surface area contributed by atoms with Crippen LogP contribution in [0.2, 0.25) is 0 Å². The zero-order valence-electron chi connectivity index (χ0n) is 14.9. The van der Waals surface area contributed by atoms with Gasteiger partial charge in [0.05, 0.1) is 16.6 Å². The van der Waals surface area contributed by atoms with Crippen molar-refractivity contribution < 1.29 is 22.7 Å². The van der Waals surface area contributed by atoms with Gasteiger partial charge in [0.2, 0.25) is 0 Å². The minimum absolute atomic E-state index is 0.00407. The molecule has 1 heterocycles. The third-order valence-electron chi connectivity index (χ3n) is 4.14. The Morgan fingerprint density at radius 1 is 1.14 bits per heavy atom. The molecule has 3 rings (SSSR count). The van der Waals surface area contributed by atoms with Crippen LogP contribution in [0.1, 0.15) is 11.1 Å². The molecule has 28 heavy (non-hydrogen) atoms. The highest BCUT2D eigenvalue weighted by molar-refractivity contribution is 7.90. The molecular formula is C18H18N4O5S. The predicted molar refractivity (Wildman–Crippen MR) is 101 cm³/mol. The highest BCUT2D eigenvalue weighted by atomic mass is 32.2. The Kier molecular flexibility index (Phi) is 5.06. The first kappa shape index (κ1) is 19.4. The van der Waals surface area contributed by atoms with E-state index in [1.807, 2.05) is 6.92 Å². The van der Waals surface area contributed by atoms with Gasteiger partial charge in [-0.1, -0.05) is 23.8 Å². The summed E-state index contributed by atoms with van der Waals surface area (Å²) in [4.78, 5) is 22.4. The highest BCUT2D eigenvalue weighted by Gasteiger charge is 2.22. The van der Waals surface area contributed by atoms with E-state index in [2.05, 4.69) is 5.10 Å². The van der Waals surface area contributed by atoms with E-state index in [9.17, 15) is 18.0 Å². The van der Waals surface area contributed by atoms with Crippen molar-refractivity contribution in [2.45, 2.75) is 24.3 Å². The second-order valence-corrected chi connectivity index (χ2v) is 8.00. The average molecular weight is 402 g/mol. The number of nitrogens with zero attached hydrogens (tertiary/aromatic N) is 2. The number of hydrogen-bond donors (Lipinski definition) is 2. The minimum atomic E-state index is -3.86. The van der Waals surface area contributed by atoms with Gasteiger partial charge in [-0.3, -0.25) is 4.79 Å². The first-order valence-corrected chi connectivity index (χ1v) is 9.67. The van der Waals surface area contributed by atoms with Crippen molar-refractivity contribution >= 4 is 32.9 Å². The van der Waals surface area contributed by atoms with Crippen LogP contribution in [0.3, 0.4) is 0 Å². The maximum Gasteiger partial charge on any atom is 0.405 e. The van der Waals surface area contributed by atoms with Gasteiger partial charge in [0.25, 0.3) is 15.9 Å². The standard InChI is InChI=1S/C18H18N4O5S/c1-11-2-5-14(6-3-11)28(25,26)22-15-7-4-12(8-13(15)10-21-22)9-16(17(19)23)27-18(20)24/h2-8,10,16H,9H2,1H3,(H2,19,23)(H2,20,24). The fraction of sp³-hybridized carbons (Fsp3) is 0.167. The van der Waals surface area contributed by atoms with Crippen LogP contribution in [0.25, 0.3) is 10.9 Å². The molecule has 4 N–H and O–H groups in total. The number of nitrogens with two attached hydrogens (primary N) is 2. The van der Waals surface area contributed by atoms with Crippen LogP contribution in [0.5, 0.6) is 0 Å². The molecule has 0 fully saturated rings. The quantitative estimate of drug-likeness (QED) is 0.630. The molecule has 1 aromatic heterocycles. The SMILES string of the molecule is Cc1ccc(S(=O)(=O)n2ncc3cc(CC(OC(N)=O)C(N)=O)ccc32)cc1. The Labute approximate surface area is 160 Å². The Morgan fingerprint density at radius 3 is 2.43 bits per heavy atom. The number of ether oxygens (including phenoxy) is 1. The monoisotopic (exact) mass is 402 g/mol. The molecule has 2 aromatic carbocycles. The van der Waals surface area contributed by atoms with Crippen molar-refractivity contribution in [3.8, 4) is 0 Å². The van der Waals surface area contributed by atoms with Crippen LogP contribution in [0.15, 0.2) is 53.6 Å². The lowest BCUT2D eigenvalue weighted by Crippen LogP contribution is -2.36. The van der Waals surface area contributed by atoms with Crippen molar-refractivity contribution in [1.29, 1.82) is 0 Å². The van der Waals surface area contributed by atoms with Crippen molar-refractivity contribution in [2.24, 2.45) is 11.5 Å². The number of primary amides is 2. The van der Waals surface area contributed by atoms with Gasteiger partial charge >= 0.3 is 6.09 Å². The molecule has 0 bridgehead atoms. The predicted octanol–water partition coefficient (Wildman–Crippen LogP) is 1.07. The summed E-state index contributed by atoms with van der Waals surface area (Å²) in [5, 5.41) is 4.54. The van der Waals surface area contributed by atoms with Gasteiger partial charge in [0, 0.05) is 11.8 Å². The average Bonchev–Trinajstić information content (AvgIpc) is 3.05. The first-order valence-electron chi connectivity index (χ1n) is 8.23. The molecule has 0 aliphatic carbocycles. The molecule has 0 spiro atoms. The van der Waals surface area contributed by atoms with Crippen LogP contribution in [0.4, 0.5) is 4.79 Å². The van der Waals surface area contributed by atoms with Gasteiger partial charge in [-0.15, -0.1) is 0 Å². The molecule has 1 atom stereocenters. The molecular weight excluding hydrogens is 384 g/mol. The highest BCUT2D eigenvalue weighted by Crippen LogP contribution is 2.22. The van der Waals surface area contributed by atoms with Crippen molar-refractivity contribution in [3.05, 3.63) is 59.8 Å². The lowest BCUT2D eigenvalue weighted by Gasteiger charge is -2.13. The fourth-order valence-electron chi connectivity index (χ4n) is 2.74. The molecule has 9 nitrogen and oxygen atoms in total. The van der Waals surface area contributed by atoms with Crippen molar-refractivity contribution in [1.82, 2.24) is 9.19 Å². The topological polar surface area (TPSA) is 147 Å². The summed E-state index contributed by atoms with van der Waals surface area (Å²) in [5.41, 5.74) is 12.1. The smallest absolute Gasteiger partial charge is 0.405 e. The molecule has 10 heteroatoms. The minimum Gasteiger partial charge on any atom is -0.436 e. The van der Waals surface area contributed by atoms with Gasteiger partial charge in [-0.05, 0) is 36.8 Å². The molecule has 3 aromatic rings. The summed E-state index contributed by atoms with van der Waals surface area (Å²) in [6.45, 7) is 1.86. The van der Waals surface area contributed by atoms with Gasteiger partial charge in [0.15, 0.2) is 6.10 Å². The second kappa shape index (κ2) is 7.31. The maximum absolute atomic E-state index is 12.9. The summed E-state index contributed by atoms with van der Waals surface area (Å²) in [6, 6.07) is 11.3. The number of carbonyl (C=O) groups is 2. The largest absolute Gasteiger partial charge is 0.436 e. The molecule has 0 radical (unpaired) electrons. The Balaban J connectivity index is 1.95. The van der Waals surface area contributed by atoms with Crippen LogP contribution < -0.4 is 11.5 Å². The summed E-state index contributed by atoms with van der Waals surface area (Å²) in [6.07, 6.45) is -0.925. The van der Waals surface area contributed by atoms with Crippen LogP contribution in [0, 0.1) is 6.92 Å². The van der Waals surface area contributed by atoms with E-state index in [0.29, 0.717) is 16.5 Å². The number of aromatic nitrogens is 2. The summed E-state index contributed by atoms with van der Waals surface area (Å²) >= 11 is 0. The number of benzene rings is 2. The number of carbonyl (C=O) groups excluding carboxylic acids is 2. The normalized spacial score (nSPS) is 12.6. The van der Waals surface area contributed by atoms with E-state index in [1.54, 1.807) is 30.3 Å². The maximum atomic E-state index is 12.9. The molecule has 0 saturated carbocycles. The number of hydrogen-bond acceptors (Lipinski definition) is 6. The first-order chi connectivity index (χ1) is 13.2.